The average molecular weight is 295 g/mol. The van der Waals surface area contributed by atoms with E-state index in [0.29, 0.717) is 0 Å². The smallest absolute Gasteiger partial charge is 0.226 e. The maximum absolute atomic E-state index is 5.12. The van der Waals surface area contributed by atoms with Crippen LogP contribution in [0.1, 0.15) is 18.6 Å². The number of aromatic nitrogens is 2. The van der Waals surface area contributed by atoms with Crippen LogP contribution in [0.3, 0.4) is 0 Å². The topological polar surface area (TPSA) is 54.2 Å². The number of nitrogens with one attached hydrogen (secondary N) is 1. The van der Waals surface area contributed by atoms with Gasteiger partial charge in [0.15, 0.2) is 5.82 Å². The molecule has 3 rings (SSSR count). The molecule has 2 saturated heterocycles. The number of halogens is 2. The van der Waals surface area contributed by atoms with Crippen LogP contribution >= 0.6 is 24.8 Å². The molecule has 1 aromatic rings. The Morgan fingerprint density at radius 2 is 1.94 bits per heavy atom. The van der Waals surface area contributed by atoms with Crippen LogP contribution in [0.4, 0.5) is 0 Å². The first-order valence-electron chi connectivity index (χ1n) is 6.09. The van der Waals surface area contributed by atoms with Crippen molar-refractivity contribution in [3.05, 3.63) is 11.7 Å². The van der Waals surface area contributed by atoms with Crippen molar-refractivity contribution in [2.45, 2.75) is 19.9 Å². The van der Waals surface area contributed by atoms with Gasteiger partial charge in [-0.3, -0.25) is 4.90 Å². The molecule has 1 N–H and O–H groups in total. The second kappa shape index (κ2) is 6.70. The molecule has 0 amide bonds. The largest absolute Gasteiger partial charge is 0.339 e. The highest BCUT2D eigenvalue weighted by molar-refractivity contribution is 5.85. The number of hydrogen-bond donors (Lipinski definition) is 1. The van der Waals surface area contributed by atoms with Crippen molar-refractivity contribution in [1.82, 2.24) is 20.4 Å². The van der Waals surface area contributed by atoms with E-state index in [2.05, 4.69) is 20.4 Å². The third-order valence-corrected chi connectivity index (χ3v) is 3.64. The lowest BCUT2D eigenvalue weighted by Gasteiger charge is -2.13. The molecule has 0 bridgehead atoms. The Hall–Kier alpha value is -0.360. The molecule has 7 heteroatoms. The summed E-state index contributed by atoms with van der Waals surface area (Å²) in [6.45, 7) is 7.57. The molecule has 0 aliphatic carbocycles. The monoisotopic (exact) mass is 294 g/mol. The minimum atomic E-state index is 0. The molecule has 2 aliphatic rings. The van der Waals surface area contributed by atoms with Crippen LogP contribution in [0.25, 0.3) is 0 Å². The normalized spacial score (nSPS) is 26.5. The molecule has 5 nitrogen and oxygen atoms in total. The van der Waals surface area contributed by atoms with Crippen LogP contribution in [0.5, 0.6) is 0 Å². The summed E-state index contributed by atoms with van der Waals surface area (Å²) in [4.78, 5) is 6.80. The van der Waals surface area contributed by atoms with Crippen LogP contribution in [0.2, 0.25) is 0 Å². The molecule has 2 aliphatic heterocycles. The molecule has 0 spiro atoms. The SMILES string of the molecule is CCc1nc(CN2CC3CNCC3C2)no1.Cl.Cl. The van der Waals surface area contributed by atoms with Crippen molar-refractivity contribution in [3.63, 3.8) is 0 Å². The highest BCUT2D eigenvalue weighted by Crippen LogP contribution is 2.26. The lowest BCUT2D eigenvalue weighted by Crippen LogP contribution is -2.25. The van der Waals surface area contributed by atoms with Crippen molar-refractivity contribution >= 4 is 24.8 Å². The second-order valence-electron chi connectivity index (χ2n) is 4.83. The van der Waals surface area contributed by atoms with E-state index in [-0.39, 0.29) is 24.8 Å². The molecule has 1 aromatic heterocycles. The van der Waals surface area contributed by atoms with Crippen molar-refractivity contribution in [3.8, 4) is 0 Å². The highest BCUT2D eigenvalue weighted by atomic mass is 35.5. The first-order valence-corrected chi connectivity index (χ1v) is 6.09. The fraction of sp³-hybridized carbons (Fsp3) is 0.818. The Morgan fingerprint density at radius 3 is 2.50 bits per heavy atom. The van der Waals surface area contributed by atoms with Gasteiger partial charge in [0.25, 0.3) is 0 Å². The Morgan fingerprint density at radius 1 is 1.28 bits per heavy atom. The summed E-state index contributed by atoms with van der Waals surface area (Å²) in [6.07, 6.45) is 0.822. The van der Waals surface area contributed by atoms with Crippen molar-refractivity contribution < 1.29 is 4.52 Å². The van der Waals surface area contributed by atoms with Gasteiger partial charge in [0.1, 0.15) is 0 Å². The van der Waals surface area contributed by atoms with Gasteiger partial charge in [-0.2, -0.15) is 4.98 Å². The van der Waals surface area contributed by atoms with E-state index in [0.717, 1.165) is 36.5 Å². The van der Waals surface area contributed by atoms with Gasteiger partial charge in [-0.25, -0.2) is 0 Å². The molecule has 2 unspecified atom stereocenters. The van der Waals surface area contributed by atoms with Crippen LogP contribution in [0, 0.1) is 11.8 Å². The van der Waals surface area contributed by atoms with Crippen LogP contribution in [-0.4, -0.2) is 41.2 Å². The van der Waals surface area contributed by atoms with Crippen molar-refractivity contribution in [2.24, 2.45) is 11.8 Å². The fourth-order valence-electron chi connectivity index (χ4n) is 2.78. The van der Waals surface area contributed by atoms with Gasteiger partial charge in [-0.05, 0) is 24.9 Å². The summed E-state index contributed by atoms with van der Waals surface area (Å²) < 4.78 is 5.12. The van der Waals surface area contributed by atoms with Crippen molar-refractivity contribution in [1.29, 1.82) is 0 Å². The summed E-state index contributed by atoms with van der Waals surface area (Å²) >= 11 is 0. The van der Waals surface area contributed by atoms with Crippen LogP contribution < -0.4 is 5.32 Å². The van der Waals surface area contributed by atoms with Gasteiger partial charge >= 0.3 is 0 Å². The molecule has 3 heterocycles. The predicted octanol–water partition coefficient (Wildman–Crippen LogP) is 1.13. The van der Waals surface area contributed by atoms with E-state index in [9.17, 15) is 0 Å². The van der Waals surface area contributed by atoms with Gasteiger partial charge in [0, 0.05) is 19.5 Å². The van der Waals surface area contributed by atoms with Gasteiger partial charge in [0.2, 0.25) is 5.89 Å². The summed E-state index contributed by atoms with van der Waals surface area (Å²) in [5.41, 5.74) is 0. The maximum Gasteiger partial charge on any atom is 0.226 e. The zero-order chi connectivity index (χ0) is 11.0. The number of likely N-dealkylation sites (tertiary alicyclic amines) is 1. The predicted molar refractivity (Wildman–Crippen MR) is 73.3 cm³/mol. The lowest BCUT2D eigenvalue weighted by atomic mass is 10.0. The van der Waals surface area contributed by atoms with E-state index in [1.807, 2.05) is 6.92 Å². The number of hydrogen-bond acceptors (Lipinski definition) is 5. The third-order valence-electron chi connectivity index (χ3n) is 3.64. The summed E-state index contributed by atoms with van der Waals surface area (Å²) in [5.74, 6) is 3.25. The zero-order valence-corrected chi connectivity index (χ0v) is 12.1. The van der Waals surface area contributed by atoms with Gasteiger partial charge in [-0.1, -0.05) is 12.1 Å². The second-order valence-corrected chi connectivity index (χ2v) is 4.83. The van der Waals surface area contributed by atoms with E-state index in [1.165, 1.54) is 26.2 Å². The Kier molecular flexibility index (Phi) is 5.85. The molecule has 0 aromatic carbocycles. The molecule has 2 fully saturated rings. The summed E-state index contributed by atoms with van der Waals surface area (Å²) in [6, 6.07) is 0. The number of nitrogens with zero attached hydrogens (tertiary/aromatic N) is 3. The first kappa shape index (κ1) is 15.7. The maximum atomic E-state index is 5.12. The lowest BCUT2D eigenvalue weighted by molar-refractivity contribution is 0.289. The third kappa shape index (κ3) is 3.15. The molecule has 0 saturated carbocycles. The van der Waals surface area contributed by atoms with Gasteiger partial charge in [-0.15, -0.1) is 24.8 Å². The quantitative estimate of drug-likeness (QED) is 0.906. The molecule has 2 atom stereocenters. The molecule has 18 heavy (non-hydrogen) atoms. The van der Waals surface area contributed by atoms with Crippen molar-refractivity contribution in [2.75, 3.05) is 26.2 Å². The van der Waals surface area contributed by atoms with E-state index in [4.69, 9.17) is 4.52 Å². The number of aryl methyl sites for hydroxylation is 1. The van der Waals surface area contributed by atoms with Crippen LogP contribution in [-0.2, 0) is 13.0 Å². The number of rotatable bonds is 3. The Labute approximate surface area is 120 Å². The Balaban J connectivity index is 0.000000810. The van der Waals surface area contributed by atoms with E-state index >= 15 is 0 Å². The minimum absolute atomic E-state index is 0. The zero-order valence-electron chi connectivity index (χ0n) is 10.5. The van der Waals surface area contributed by atoms with Crippen LogP contribution in [0.15, 0.2) is 4.52 Å². The highest BCUT2D eigenvalue weighted by Gasteiger charge is 2.36. The molecular weight excluding hydrogens is 275 g/mol. The first-order chi connectivity index (χ1) is 7.85. The summed E-state index contributed by atoms with van der Waals surface area (Å²) in [7, 11) is 0. The Bertz CT molecular complexity index is 362. The van der Waals surface area contributed by atoms with E-state index < -0.39 is 0 Å². The molecule has 0 radical (unpaired) electrons. The molecular formula is C11H20Cl2N4O. The average Bonchev–Trinajstić information content (AvgIpc) is 2.92. The van der Waals surface area contributed by atoms with Gasteiger partial charge in [0.05, 0.1) is 6.54 Å². The van der Waals surface area contributed by atoms with E-state index in [1.54, 1.807) is 0 Å². The molecule has 104 valence electrons. The minimum Gasteiger partial charge on any atom is -0.339 e. The summed E-state index contributed by atoms with van der Waals surface area (Å²) in [5, 5.41) is 7.45. The van der Waals surface area contributed by atoms with Gasteiger partial charge < -0.3 is 9.84 Å². The fourth-order valence-corrected chi connectivity index (χ4v) is 2.78. The number of fused-ring (bicyclic) bond motifs is 1. The standard InChI is InChI=1S/C11H18N4O.2ClH/c1-2-11-13-10(14-16-11)7-15-5-8-3-12-4-9(8)6-15;;/h8-9,12H,2-7H2,1H3;2*1H.